The molecular formula is C30H29Br2F3N2O5. The monoisotopic (exact) mass is 712 g/mol. The first-order valence-corrected chi connectivity index (χ1v) is 14.7. The fraction of sp³-hybridized carbons (Fsp3) is 0.300. The molecule has 0 aliphatic heterocycles. The average molecular weight is 714 g/mol. The number of hydrogen-bond acceptors (Lipinski definition) is 4. The number of nitrogens with one attached hydrogen (secondary N) is 1. The van der Waals surface area contributed by atoms with E-state index in [9.17, 15) is 32.7 Å². The van der Waals surface area contributed by atoms with Gasteiger partial charge >= 0.3 is 18.2 Å². The standard InChI is InChI=1S/C30H29Br2F3N2O5/c1-2-3-4-7-19-10-12-20(13-11-19)16-36-27(38)22-14-24(31)23(25(32)15-22)18-37(28(39)29(40)41)17-21-8-5-6-9-26(21)42-30(33,34)35/h5-6,8-15H,2-4,7,16-18H2,1H3,(H,36,38)(H,40,41). The van der Waals surface area contributed by atoms with E-state index in [1.165, 1.54) is 42.3 Å². The first-order chi connectivity index (χ1) is 19.9. The predicted octanol–water partition coefficient (Wildman–Crippen LogP) is 7.39. The second-order valence-electron chi connectivity index (χ2n) is 9.50. The van der Waals surface area contributed by atoms with Crippen molar-refractivity contribution < 1.29 is 37.4 Å². The number of rotatable bonds is 12. The van der Waals surface area contributed by atoms with Gasteiger partial charge in [0.1, 0.15) is 5.75 Å². The lowest BCUT2D eigenvalue weighted by Crippen LogP contribution is -2.36. The molecule has 2 N–H and O–H groups in total. The highest BCUT2D eigenvalue weighted by molar-refractivity contribution is 9.11. The number of carboxylic acid groups (broad SMARTS) is 1. The fourth-order valence-electron chi connectivity index (χ4n) is 4.16. The summed E-state index contributed by atoms with van der Waals surface area (Å²) < 4.78 is 43.5. The molecule has 42 heavy (non-hydrogen) atoms. The van der Waals surface area contributed by atoms with E-state index in [2.05, 4.69) is 61.0 Å². The summed E-state index contributed by atoms with van der Waals surface area (Å²) in [5.74, 6) is -4.01. The minimum absolute atomic E-state index is 0.0401. The van der Waals surface area contributed by atoms with Gasteiger partial charge in [-0.15, -0.1) is 13.2 Å². The lowest BCUT2D eigenvalue weighted by atomic mass is 10.1. The minimum atomic E-state index is -4.97. The molecular weight excluding hydrogens is 685 g/mol. The van der Waals surface area contributed by atoms with E-state index in [1.807, 2.05) is 12.1 Å². The molecule has 3 aromatic carbocycles. The quantitative estimate of drug-likeness (QED) is 0.151. The minimum Gasteiger partial charge on any atom is -0.474 e. The number of ether oxygens (including phenoxy) is 1. The molecule has 0 saturated heterocycles. The lowest BCUT2D eigenvalue weighted by molar-refractivity contribution is -0.275. The van der Waals surface area contributed by atoms with Gasteiger partial charge < -0.3 is 20.1 Å². The summed E-state index contributed by atoms with van der Waals surface area (Å²) in [7, 11) is 0. The normalized spacial score (nSPS) is 11.2. The van der Waals surface area contributed by atoms with Crippen LogP contribution in [0.4, 0.5) is 13.2 Å². The summed E-state index contributed by atoms with van der Waals surface area (Å²) in [6, 6.07) is 16.3. The van der Waals surface area contributed by atoms with Crippen LogP contribution in [-0.4, -0.2) is 34.2 Å². The van der Waals surface area contributed by atoms with Crippen molar-refractivity contribution in [3.8, 4) is 5.75 Å². The number of alkyl halides is 3. The maximum absolute atomic E-state index is 12.9. The Bertz CT molecular complexity index is 1390. The maximum atomic E-state index is 12.9. The van der Waals surface area contributed by atoms with Crippen molar-refractivity contribution in [1.82, 2.24) is 10.2 Å². The van der Waals surface area contributed by atoms with Gasteiger partial charge in [0.15, 0.2) is 0 Å². The molecule has 0 radical (unpaired) electrons. The van der Waals surface area contributed by atoms with Crippen molar-refractivity contribution in [2.24, 2.45) is 0 Å². The maximum Gasteiger partial charge on any atom is 0.573 e. The zero-order chi connectivity index (χ0) is 30.9. The second-order valence-corrected chi connectivity index (χ2v) is 11.2. The molecule has 0 aliphatic rings. The number of carboxylic acids is 1. The Hall–Kier alpha value is -3.38. The molecule has 3 rings (SSSR count). The number of benzene rings is 3. The van der Waals surface area contributed by atoms with Gasteiger partial charge in [0.05, 0.1) is 6.54 Å². The van der Waals surface area contributed by atoms with Gasteiger partial charge in [-0.05, 0) is 47.7 Å². The van der Waals surface area contributed by atoms with Crippen LogP contribution in [0.2, 0.25) is 0 Å². The van der Waals surface area contributed by atoms with Crippen LogP contribution >= 0.6 is 31.9 Å². The van der Waals surface area contributed by atoms with E-state index >= 15 is 0 Å². The molecule has 7 nitrogen and oxygen atoms in total. The van der Waals surface area contributed by atoms with Gasteiger partial charge in [-0.1, -0.05) is 94.1 Å². The van der Waals surface area contributed by atoms with E-state index in [-0.39, 0.29) is 18.0 Å². The first-order valence-electron chi connectivity index (χ1n) is 13.1. The molecule has 0 fully saturated rings. The summed E-state index contributed by atoms with van der Waals surface area (Å²) in [5, 5.41) is 12.2. The highest BCUT2D eigenvalue weighted by Gasteiger charge is 2.33. The largest absolute Gasteiger partial charge is 0.573 e. The van der Waals surface area contributed by atoms with Crippen molar-refractivity contribution in [2.45, 2.75) is 58.6 Å². The zero-order valence-corrected chi connectivity index (χ0v) is 25.8. The van der Waals surface area contributed by atoms with E-state index in [4.69, 9.17) is 0 Å². The number of amides is 2. The van der Waals surface area contributed by atoms with Crippen LogP contribution < -0.4 is 10.1 Å². The molecule has 0 atom stereocenters. The van der Waals surface area contributed by atoms with Crippen molar-refractivity contribution in [2.75, 3.05) is 0 Å². The SMILES string of the molecule is CCCCCc1ccc(CNC(=O)c2cc(Br)c(CN(Cc3ccccc3OC(F)(F)F)C(=O)C(=O)O)c(Br)c2)cc1. The molecule has 3 aromatic rings. The number of unbranched alkanes of at least 4 members (excludes halogenated alkanes) is 2. The number of hydrogen-bond donors (Lipinski definition) is 2. The Morgan fingerprint density at radius 1 is 0.929 bits per heavy atom. The van der Waals surface area contributed by atoms with Gasteiger partial charge in [0, 0.05) is 33.2 Å². The van der Waals surface area contributed by atoms with Gasteiger partial charge in [-0.3, -0.25) is 9.59 Å². The number of aliphatic carboxylic acids is 1. The molecule has 2 amide bonds. The van der Waals surface area contributed by atoms with Crippen LogP contribution in [0.1, 0.15) is 58.8 Å². The second kappa shape index (κ2) is 15.2. The van der Waals surface area contributed by atoms with E-state index in [0.29, 0.717) is 26.6 Å². The number of aryl methyl sites for hydroxylation is 1. The summed E-state index contributed by atoms with van der Waals surface area (Å²) >= 11 is 6.76. The van der Waals surface area contributed by atoms with Crippen LogP contribution in [0.5, 0.6) is 5.75 Å². The summed E-state index contributed by atoms with van der Waals surface area (Å²) in [4.78, 5) is 37.8. The third kappa shape index (κ3) is 9.87. The van der Waals surface area contributed by atoms with E-state index < -0.39 is 30.5 Å². The molecule has 0 heterocycles. The molecule has 0 aromatic heterocycles. The van der Waals surface area contributed by atoms with Crippen LogP contribution in [0, 0.1) is 0 Å². The van der Waals surface area contributed by atoms with Crippen LogP contribution in [0.15, 0.2) is 69.6 Å². The number of carbonyl (C=O) groups is 3. The van der Waals surface area contributed by atoms with Crippen molar-refractivity contribution in [3.05, 3.63) is 97.4 Å². The van der Waals surface area contributed by atoms with Crippen molar-refractivity contribution in [3.63, 3.8) is 0 Å². The number of halogens is 5. The number of carbonyl (C=O) groups excluding carboxylic acids is 2. The molecule has 0 unspecified atom stereocenters. The van der Waals surface area contributed by atoms with Gasteiger partial charge in [0.2, 0.25) is 0 Å². The van der Waals surface area contributed by atoms with Crippen LogP contribution in [0.25, 0.3) is 0 Å². The van der Waals surface area contributed by atoms with E-state index in [1.54, 1.807) is 0 Å². The molecule has 12 heteroatoms. The Balaban J connectivity index is 1.74. The predicted molar refractivity (Wildman–Crippen MR) is 158 cm³/mol. The van der Waals surface area contributed by atoms with E-state index in [0.717, 1.165) is 35.8 Å². The van der Waals surface area contributed by atoms with Gasteiger partial charge in [0.25, 0.3) is 5.91 Å². The summed E-state index contributed by atoms with van der Waals surface area (Å²) in [6.45, 7) is 1.70. The highest BCUT2D eigenvalue weighted by Crippen LogP contribution is 2.31. The van der Waals surface area contributed by atoms with Crippen LogP contribution in [-0.2, 0) is 35.6 Å². The van der Waals surface area contributed by atoms with Crippen molar-refractivity contribution in [1.29, 1.82) is 0 Å². The summed E-state index contributed by atoms with van der Waals surface area (Å²) in [6.07, 6.45) is -0.490. The number of para-hydroxylation sites is 1. The first kappa shape index (κ1) is 33.1. The van der Waals surface area contributed by atoms with Crippen LogP contribution in [0.3, 0.4) is 0 Å². The molecule has 0 aliphatic carbocycles. The van der Waals surface area contributed by atoms with Crippen molar-refractivity contribution >= 4 is 49.6 Å². The summed E-state index contributed by atoms with van der Waals surface area (Å²) in [5.41, 5.74) is 2.85. The zero-order valence-electron chi connectivity index (χ0n) is 22.6. The third-order valence-electron chi connectivity index (χ3n) is 6.33. The molecule has 224 valence electrons. The smallest absolute Gasteiger partial charge is 0.474 e. The lowest BCUT2D eigenvalue weighted by Gasteiger charge is -2.24. The third-order valence-corrected chi connectivity index (χ3v) is 7.74. The Morgan fingerprint density at radius 3 is 2.14 bits per heavy atom. The number of nitrogens with zero attached hydrogens (tertiary/aromatic N) is 1. The average Bonchev–Trinajstić information content (AvgIpc) is 2.93. The Morgan fingerprint density at radius 2 is 1.55 bits per heavy atom. The fourth-order valence-corrected chi connectivity index (χ4v) is 5.60. The Labute approximate surface area is 258 Å². The molecule has 0 saturated carbocycles. The highest BCUT2D eigenvalue weighted by atomic mass is 79.9. The molecule has 0 bridgehead atoms. The Kier molecular flexibility index (Phi) is 12.0. The molecule has 0 spiro atoms. The van der Waals surface area contributed by atoms with Gasteiger partial charge in [-0.2, -0.15) is 0 Å². The topological polar surface area (TPSA) is 95.9 Å². The van der Waals surface area contributed by atoms with Gasteiger partial charge in [-0.25, -0.2) is 4.79 Å².